The Morgan fingerprint density at radius 3 is 2.90 bits per heavy atom. The van der Waals surface area contributed by atoms with Gasteiger partial charge in [0.1, 0.15) is 11.6 Å². The SMILES string of the molecule is COc1ccc(Cl)cc1NC(=O)CN1CCC[C@H](c2nnc(SC)n2C(C)C)C1. The molecule has 0 saturated carbocycles. The van der Waals surface area contributed by atoms with Gasteiger partial charge in [0.25, 0.3) is 0 Å². The van der Waals surface area contributed by atoms with Crippen LogP contribution >= 0.6 is 23.4 Å². The molecule has 1 aliphatic rings. The number of hydrogen-bond donors (Lipinski definition) is 1. The van der Waals surface area contributed by atoms with E-state index in [1.807, 2.05) is 6.26 Å². The highest BCUT2D eigenvalue weighted by Gasteiger charge is 2.28. The van der Waals surface area contributed by atoms with Crippen LogP contribution in [0.1, 0.15) is 44.5 Å². The maximum atomic E-state index is 12.6. The summed E-state index contributed by atoms with van der Waals surface area (Å²) in [5.41, 5.74) is 0.586. The van der Waals surface area contributed by atoms with Crippen molar-refractivity contribution < 1.29 is 9.53 Å². The van der Waals surface area contributed by atoms with Crippen LogP contribution in [0.15, 0.2) is 23.4 Å². The lowest BCUT2D eigenvalue weighted by molar-refractivity contribution is -0.117. The van der Waals surface area contributed by atoms with E-state index in [9.17, 15) is 4.79 Å². The van der Waals surface area contributed by atoms with Crippen LogP contribution in [0.4, 0.5) is 5.69 Å². The average molecular weight is 438 g/mol. The number of rotatable bonds is 7. The Hall–Kier alpha value is -1.77. The number of likely N-dealkylation sites (tertiary alicyclic amines) is 1. The second-order valence-corrected chi connectivity index (χ2v) is 8.69. The van der Waals surface area contributed by atoms with E-state index in [0.717, 1.165) is 36.9 Å². The lowest BCUT2D eigenvalue weighted by Crippen LogP contribution is -2.40. The van der Waals surface area contributed by atoms with Crippen LogP contribution in [0, 0.1) is 0 Å². The Morgan fingerprint density at radius 2 is 2.21 bits per heavy atom. The van der Waals surface area contributed by atoms with Gasteiger partial charge >= 0.3 is 0 Å². The number of piperidine rings is 1. The van der Waals surface area contributed by atoms with Gasteiger partial charge in [-0.05, 0) is 57.7 Å². The summed E-state index contributed by atoms with van der Waals surface area (Å²) < 4.78 is 7.53. The first-order valence-electron chi connectivity index (χ1n) is 9.77. The van der Waals surface area contributed by atoms with Crippen LogP contribution in [0.5, 0.6) is 5.75 Å². The number of methoxy groups -OCH3 is 1. The summed E-state index contributed by atoms with van der Waals surface area (Å²) in [5.74, 6) is 1.80. The van der Waals surface area contributed by atoms with Gasteiger partial charge in [-0.1, -0.05) is 23.4 Å². The maximum Gasteiger partial charge on any atom is 0.238 e. The van der Waals surface area contributed by atoms with Crippen molar-refractivity contribution in [1.29, 1.82) is 0 Å². The molecule has 0 bridgehead atoms. The standard InChI is InChI=1S/C20H28ClN5O2S/c1-13(2)26-19(23-24-20(26)29-4)14-6-5-9-25(11-14)12-18(27)22-16-10-15(21)7-8-17(16)28-3/h7-8,10,13-14H,5-6,9,11-12H2,1-4H3,(H,22,27)/t14-/m0/s1. The molecule has 0 unspecified atom stereocenters. The Balaban J connectivity index is 1.67. The van der Waals surface area contributed by atoms with Gasteiger partial charge in [0.05, 0.1) is 19.3 Å². The van der Waals surface area contributed by atoms with Gasteiger partial charge in [-0.3, -0.25) is 9.69 Å². The number of nitrogens with zero attached hydrogens (tertiary/aromatic N) is 4. The molecule has 1 N–H and O–H groups in total. The summed E-state index contributed by atoms with van der Waals surface area (Å²) >= 11 is 7.67. The summed E-state index contributed by atoms with van der Waals surface area (Å²) in [7, 11) is 1.57. The van der Waals surface area contributed by atoms with E-state index >= 15 is 0 Å². The Bertz CT molecular complexity index is 857. The fourth-order valence-electron chi connectivity index (χ4n) is 3.77. The maximum absolute atomic E-state index is 12.6. The molecule has 1 aromatic carbocycles. The Labute approximate surface area is 181 Å². The first-order valence-corrected chi connectivity index (χ1v) is 11.4. The number of amides is 1. The zero-order valence-corrected chi connectivity index (χ0v) is 18.9. The monoisotopic (exact) mass is 437 g/mol. The second-order valence-electron chi connectivity index (χ2n) is 7.48. The smallest absolute Gasteiger partial charge is 0.238 e. The van der Waals surface area contributed by atoms with E-state index in [1.54, 1.807) is 37.1 Å². The number of thioether (sulfide) groups is 1. The molecule has 1 aliphatic heterocycles. The molecule has 1 atom stereocenters. The van der Waals surface area contributed by atoms with Crippen molar-refractivity contribution >= 4 is 35.0 Å². The quantitative estimate of drug-likeness (QED) is 0.658. The number of benzene rings is 1. The second kappa shape index (κ2) is 9.82. The summed E-state index contributed by atoms with van der Waals surface area (Å²) in [6.45, 7) is 6.30. The van der Waals surface area contributed by atoms with Crippen LogP contribution in [0.25, 0.3) is 0 Å². The topological polar surface area (TPSA) is 72.3 Å². The molecule has 1 saturated heterocycles. The van der Waals surface area contributed by atoms with Crippen LogP contribution < -0.4 is 10.1 Å². The zero-order valence-electron chi connectivity index (χ0n) is 17.3. The summed E-state index contributed by atoms with van der Waals surface area (Å²) in [6, 6.07) is 5.49. The molecule has 0 aliphatic carbocycles. The van der Waals surface area contributed by atoms with Crippen molar-refractivity contribution in [3.05, 3.63) is 29.0 Å². The minimum absolute atomic E-state index is 0.0821. The molecule has 158 valence electrons. The van der Waals surface area contributed by atoms with Crippen molar-refractivity contribution in [2.24, 2.45) is 0 Å². The van der Waals surface area contributed by atoms with Gasteiger partial charge in [0.15, 0.2) is 5.16 Å². The number of nitrogens with one attached hydrogen (secondary N) is 1. The van der Waals surface area contributed by atoms with Crippen LogP contribution in [-0.2, 0) is 4.79 Å². The van der Waals surface area contributed by atoms with Gasteiger partial charge in [0.2, 0.25) is 5.91 Å². The molecule has 7 nitrogen and oxygen atoms in total. The first-order chi connectivity index (χ1) is 13.9. The van der Waals surface area contributed by atoms with Crippen molar-refractivity contribution in [2.75, 3.05) is 38.3 Å². The Morgan fingerprint density at radius 1 is 1.41 bits per heavy atom. The molecule has 1 amide bonds. The highest BCUT2D eigenvalue weighted by Crippen LogP contribution is 2.31. The summed E-state index contributed by atoms with van der Waals surface area (Å²) in [6.07, 6.45) is 4.10. The molecular weight excluding hydrogens is 410 g/mol. The normalized spacial score (nSPS) is 17.5. The van der Waals surface area contributed by atoms with Crippen LogP contribution in [0.3, 0.4) is 0 Å². The van der Waals surface area contributed by atoms with Crippen molar-refractivity contribution in [1.82, 2.24) is 19.7 Å². The number of anilines is 1. The molecule has 1 aromatic heterocycles. The van der Waals surface area contributed by atoms with Crippen molar-refractivity contribution in [3.63, 3.8) is 0 Å². The number of hydrogen-bond acceptors (Lipinski definition) is 6. The van der Waals surface area contributed by atoms with Gasteiger partial charge in [-0.25, -0.2) is 0 Å². The van der Waals surface area contributed by atoms with E-state index in [2.05, 4.69) is 38.8 Å². The van der Waals surface area contributed by atoms with E-state index in [1.165, 1.54) is 0 Å². The van der Waals surface area contributed by atoms with Crippen LogP contribution in [-0.4, -0.2) is 58.6 Å². The number of carbonyl (C=O) groups excluding carboxylic acids is 1. The highest BCUT2D eigenvalue weighted by molar-refractivity contribution is 7.98. The zero-order chi connectivity index (χ0) is 21.0. The number of carbonyl (C=O) groups is 1. The molecule has 29 heavy (non-hydrogen) atoms. The largest absolute Gasteiger partial charge is 0.495 e. The minimum atomic E-state index is -0.0821. The van der Waals surface area contributed by atoms with E-state index in [-0.39, 0.29) is 11.8 Å². The number of ether oxygens (including phenoxy) is 1. The molecule has 2 heterocycles. The van der Waals surface area contributed by atoms with Gasteiger partial charge < -0.3 is 14.6 Å². The summed E-state index contributed by atoms with van der Waals surface area (Å²) in [4.78, 5) is 14.8. The number of halogens is 1. The fraction of sp³-hybridized carbons (Fsp3) is 0.550. The van der Waals surface area contributed by atoms with Crippen molar-refractivity contribution in [3.8, 4) is 5.75 Å². The molecular formula is C20H28ClN5O2S. The summed E-state index contributed by atoms with van der Waals surface area (Å²) in [5, 5.41) is 13.2. The first kappa shape index (κ1) is 21.9. The third kappa shape index (κ3) is 5.24. The van der Waals surface area contributed by atoms with E-state index in [0.29, 0.717) is 29.0 Å². The van der Waals surface area contributed by atoms with E-state index < -0.39 is 0 Å². The predicted molar refractivity (Wildman–Crippen MR) is 117 cm³/mol. The minimum Gasteiger partial charge on any atom is -0.495 e. The molecule has 9 heteroatoms. The van der Waals surface area contributed by atoms with Crippen molar-refractivity contribution in [2.45, 2.75) is 43.8 Å². The average Bonchev–Trinajstić information content (AvgIpc) is 3.13. The van der Waals surface area contributed by atoms with E-state index in [4.69, 9.17) is 16.3 Å². The lowest BCUT2D eigenvalue weighted by atomic mass is 9.97. The molecule has 1 fully saturated rings. The Kier molecular flexibility index (Phi) is 7.43. The molecule has 2 aromatic rings. The van der Waals surface area contributed by atoms with Crippen LogP contribution in [0.2, 0.25) is 5.02 Å². The van der Waals surface area contributed by atoms with Gasteiger partial charge in [0, 0.05) is 23.5 Å². The molecule has 0 spiro atoms. The molecule has 0 radical (unpaired) electrons. The fourth-order valence-corrected chi connectivity index (χ4v) is 4.57. The van der Waals surface area contributed by atoms with Gasteiger partial charge in [-0.2, -0.15) is 0 Å². The molecule has 3 rings (SSSR count). The number of aromatic nitrogens is 3. The third-order valence-electron chi connectivity index (χ3n) is 5.06. The third-order valence-corrected chi connectivity index (χ3v) is 5.94. The van der Waals surface area contributed by atoms with Gasteiger partial charge in [-0.15, -0.1) is 10.2 Å². The lowest BCUT2D eigenvalue weighted by Gasteiger charge is -2.32. The highest BCUT2D eigenvalue weighted by atomic mass is 35.5. The predicted octanol–water partition coefficient (Wildman–Crippen LogP) is 4.06.